The van der Waals surface area contributed by atoms with E-state index in [0.29, 0.717) is 0 Å². The molecule has 2 atom stereocenters. The summed E-state index contributed by atoms with van der Waals surface area (Å²) in [5.74, 6) is 0. The monoisotopic (exact) mass is 156 g/mol. The summed E-state index contributed by atoms with van der Waals surface area (Å²) in [6.07, 6.45) is 3.28. The molecule has 64 valence electrons. The smallest absolute Gasteiger partial charge is 0.0892 e. The van der Waals surface area contributed by atoms with Crippen molar-refractivity contribution in [3.05, 3.63) is 12.7 Å². The van der Waals surface area contributed by atoms with Crippen molar-refractivity contribution in [2.75, 3.05) is 0 Å². The van der Waals surface area contributed by atoms with Crippen molar-refractivity contribution in [3.63, 3.8) is 0 Å². The van der Waals surface area contributed by atoms with Crippen LogP contribution in [-0.4, -0.2) is 22.9 Å². The Kier molecular flexibility index (Phi) is 2.35. The van der Waals surface area contributed by atoms with E-state index in [4.69, 9.17) is 4.74 Å². The maximum absolute atomic E-state index is 9.49. The highest BCUT2D eigenvalue weighted by Gasteiger charge is 2.35. The third-order valence-corrected chi connectivity index (χ3v) is 2.25. The van der Waals surface area contributed by atoms with Crippen molar-refractivity contribution in [1.29, 1.82) is 0 Å². The lowest BCUT2D eigenvalue weighted by Gasteiger charge is -2.38. The molecule has 0 aromatic heterocycles. The second-order valence-electron chi connectivity index (χ2n) is 3.59. The fourth-order valence-electron chi connectivity index (χ4n) is 1.36. The van der Waals surface area contributed by atoms with Crippen LogP contribution in [0.3, 0.4) is 0 Å². The van der Waals surface area contributed by atoms with Gasteiger partial charge in [0.2, 0.25) is 0 Å². The minimum Gasteiger partial charge on any atom is -0.390 e. The molecule has 0 unspecified atom stereocenters. The lowest BCUT2D eigenvalue weighted by atomic mass is 9.92. The minimum absolute atomic E-state index is 0.119. The van der Waals surface area contributed by atoms with Crippen LogP contribution < -0.4 is 0 Å². The molecular weight excluding hydrogens is 140 g/mol. The van der Waals surface area contributed by atoms with E-state index in [9.17, 15) is 5.11 Å². The highest BCUT2D eigenvalue weighted by molar-refractivity contribution is 4.92. The van der Waals surface area contributed by atoms with Crippen LogP contribution in [0.1, 0.15) is 26.7 Å². The van der Waals surface area contributed by atoms with Gasteiger partial charge in [0.1, 0.15) is 0 Å². The fraction of sp³-hybridized carbons (Fsp3) is 0.778. The second-order valence-corrected chi connectivity index (χ2v) is 3.59. The van der Waals surface area contributed by atoms with Gasteiger partial charge in [0, 0.05) is 0 Å². The molecule has 0 aliphatic carbocycles. The molecule has 0 amide bonds. The number of ether oxygens (including phenoxy) is 1. The van der Waals surface area contributed by atoms with E-state index in [-0.39, 0.29) is 12.2 Å². The van der Waals surface area contributed by atoms with E-state index in [1.165, 1.54) is 0 Å². The molecule has 0 spiro atoms. The molecule has 1 heterocycles. The molecule has 0 aromatic rings. The zero-order valence-electron chi connectivity index (χ0n) is 7.21. The number of aliphatic hydroxyl groups excluding tert-OH is 1. The summed E-state index contributed by atoms with van der Waals surface area (Å²) in [6.45, 7) is 7.49. The van der Waals surface area contributed by atoms with Crippen LogP contribution in [0.5, 0.6) is 0 Å². The molecular formula is C9H16O2. The maximum Gasteiger partial charge on any atom is 0.0892 e. The molecule has 1 fully saturated rings. The van der Waals surface area contributed by atoms with Gasteiger partial charge in [0.15, 0.2) is 0 Å². The number of hydrogen-bond donors (Lipinski definition) is 1. The third-order valence-electron chi connectivity index (χ3n) is 2.25. The Bertz CT molecular complexity index is 152. The average Bonchev–Trinajstić information content (AvgIpc) is 1.95. The SMILES string of the molecule is C=C[C@H]1CC[C@@H](O)C(C)(C)O1. The number of aliphatic hydroxyl groups is 1. The van der Waals surface area contributed by atoms with Gasteiger partial charge in [-0.05, 0) is 26.7 Å². The van der Waals surface area contributed by atoms with Crippen molar-refractivity contribution in [2.45, 2.75) is 44.5 Å². The molecule has 1 aliphatic heterocycles. The van der Waals surface area contributed by atoms with Crippen molar-refractivity contribution in [2.24, 2.45) is 0 Å². The van der Waals surface area contributed by atoms with Crippen LogP contribution >= 0.6 is 0 Å². The molecule has 1 N–H and O–H groups in total. The minimum atomic E-state index is -0.406. The van der Waals surface area contributed by atoms with Crippen LogP contribution in [-0.2, 0) is 4.74 Å². The molecule has 2 nitrogen and oxygen atoms in total. The zero-order chi connectivity index (χ0) is 8.48. The van der Waals surface area contributed by atoms with E-state index < -0.39 is 5.60 Å². The molecule has 2 heteroatoms. The average molecular weight is 156 g/mol. The lowest BCUT2D eigenvalue weighted by molar-refractivity contribution is -0.156. The van der Waals surface area contributed by atoms with E-state index in [0.717, 1.165) is 12.8 Å². The number of hydrogen-bond acceptors (Lipinski definition) is 2. The van der Waals surface area contributed by atoms with Crippen molar-refractivity contribution in [3.8, 4) is 0 Å². The highest BCUT2D eigenvalue weighted by Crippen LogP contribution is 2.28. The Hall–Kier alpha value is -0.340. The first-order valence-electron chi connectivity index (χ1n) is 4.04. The zero-order valence-corrected chi connectivity index (χ0v) is 7.21. The molecule has 1 saturated heterocycles. The Morgan fingerprint density at radius 1 is 1.55 bits per heavy atom. The highest BCUT2D eigenvalue weighted by atomic mass is 16.5. The summed E-state index contributed by atoms with van der Waals surface area (Å²) in [4.78, 5) is 0. The van der Waals surface area contributed by atoms with Gasteiger partial charge in [-0.15, -0.1) is 6.58 Å². The van der Waals surface area contributed by atoms with Crippen LogP contribution in [0.25, 0.3) is 0 Å². The van der Waals surface area contributed by atoms with Crippen molar-refractivity contribution < 1.29 is 9.84 Å². The molecule has 1 rings (SSSR count). The van der Waals surface area contributed by atoms with Gasteiger partial charge < -0.3 is 9.84 Å². The van der Waals surface area contributed by atoms with Gasteiger partial charge in [-0.3, -0.25) is 0 Å². The molecule has 1 aliphatic rings. The van der Waals surface area contributed by atoms with Crippen molar-refractivity contribution in [1.82, 2.24) is 0 Å². The lowest BCUT2D eigenvalue weighted by Crippen LogP contribution is -2.46. The molecule has 0 radical (unpaired) electrons. The quantitative estimate of drug-likeness (QED) is 0.583. The first kappa shape index (κ1) is 8.75. The second kappa shape index (κ2) is 2.95. The Labute approximate surface area is 67.9 Å². The van der Waals surface area contributed by atoms with E-state index >= 15 is 0 Å². The van der Waals surface area contributed by atoms with E-state index in [1.54, 1.807) is 6.08 Å². The largest absolute Gasteiger partial charge is 0.390 e. The summed E-state index contributed by atoms with van der Waals surface area (Å²) in [5.41, 5.74) is -0.406. The summed E-state index contributed by atoms with van der Waals surface area (Å²) in [7, 11) is 0. The van der Waals surface area contributed by atoms with Gasteiger partial charge in [-0.1, -0.05) is 6.08 Å². The first-order valence-corrected chi connectivity index (χ1v) is 4.04. The molecule has 0 bridgehead atoms. The van der Waals surface area contributed by atoms with Gasteiger partial charge in [-0.25, -0.2) is 0 Å². The van der Waals surface area contributed by atoms with Gasteiger partial charge in [0.05, 0.1) is 17.8 Å². The third kappa shape index (κ3) is 1.82. The predicted molar refractivity (Wildman–Crippen MR) is 44.4 cm³/mol. The topological polar surface area (TPSA) is 29.5 Å². The number of rotatable bonds is 1. The molecule has 0 saturated carbocycles. The van der Waals surface area contributed by atoms with E-state index in [1.807, 2.05) is 13.8 Å². The van der Waals surface area contributed by atoms with Crippen LogP contribution in [0.2, 0.25) is 0 Å². The summed E-state index contributed by atoms with van der Waals surface area (Å²) < 4.78 is 5.57. The van der Waals surface area contributed by atoms with Crippen molar-refractivity contribution >= 4 is 0 Å². The maximum atomic E-state index is 9.49. The predicted octanol–water partition coefficient (Wildman–Crippen LogP) is 1.49. The summed E-state index contributed by atoms with van der Waals surface area (Å²) >= 11 is 0. The van der Waals surface area contributed by atoms with Crippen LogP contribution in [0.15, 0.2) is 12.7 Å². The van der Waals surface area contributed by atoms with Gasteiger partial charge in [0.25, 0.3) is 0 Å². The van der Waals surface area contributed by atoms with Crippen LogP contribution in [0, 0.1) is 0 Å². The summed E-state index contributed by atoms with van der Waals surface area (Å²) in [5, 5.41) is 9.49. The van der Waals surface area contributed by atoms with Crippen LogP contribution in [0.4, 0.5) is 0 Å². The van der Waals surface area contributed by atoms with E-state index in [2.05, 4.69) is 6.58 Å². The standard InChI is InChI=1S/C9H16O2/c1-4-7-5-6-8(10)9(2,3)11-7/h4,7-8,10H,1,5-6H2,2-3H3/t7-,8+/m0/s1. The first-order chi connectivity index (χ1) is 5.06. The summed E-state index contributed by atoms with van der Waals surface area (Å²) in [6, 6.07) is 0. The Morgan fingerprint density at radius 2 is 2.18 bits per heavy atom. The Balaban J connectivity index is 2.58. The molecule has 0 aromatic carbocycles. The molecule has 11 heavy (non-hydrogen) atoms. The van der Waals surface area contributed by atoms with Gasteiger partial charge in [-0.2, -0.15) is 0 Å². The van der Waals surface area contributed by atoms with Gasteiger partial charge >= 0.3 is 0 Å². The normalized spacial score (nSPS) is 36.6. The fourth-order valence-corrected chi connectivity index (χ4v) is 1.36. The Morgan fingerprint density at radius 3 is 2.64 bits per heavy atom.